The first-order valence-electron chi connectivity index (χ1n) is 10.6. The molecule has 0 radical (unpaired) electrons. The van der Waals surface area contributed by atoms with E-state index in [9.17, 15) is 14.7 Å². The van der Waals surface area contributed by atoms with Crippen molar-refractivity contribution >= 4 is 28.8 Å². The number of amides is 1. The fourth-order valence-corrected chi connectivity index (χ4v) is 4.22. The van der Waals surface area contributed by atoms with Gasteiger partial charge in [-0.1, -0.05) is 22.9 Å². The van der Waals surface area contributed by atoms with Gasteiger partial charge in [0.25, 0.3) is 11.5 Å². The van der Waals surface area contributed by atoms with Crippen LogP contribution in [-0.4, -0.2) is 55.0 Å². The van der Waals surface area contributed by atoms with Crippen molar-refractivity contribution < 1.29 is 19.7 Å². The first-order valence-corrected chi connectivity index (χ1v) is 11.8. The number of halogens is 1. The van der Waals surface area contributed by atoms with Crippen LogP contribution in [0.3, 0.4) is 0 Å². The topological polar surface area (TPSA) is 132 Å². The molecule has 35 heavy (non-hydrogen) atoms. The Kier molecular flexibility index (Phi) is 7.61. The molecule has 3 heterocycles. The summed E-state index contributed by atoms with van der Waals surface area (Å²) in [5, 5.41) is 30.1. The number of carbonyl (C=O) groups is 1. The van der Waals surface area contributed by atoms with E-state index in [1.807, 2.05) is 0 Å². The smallest absolute Gasteiger partial charge is 0.261 e. The Hall–Kier alpha value is -3.51. The number of rotatable bonds is 9. The minimum atomic E-state index is -1.08. The Morgan fingerprint density at radius 2 is 2.09 bits per heavy atom. The lowest BCUT2D eigenvalue weighted by Crippen LogP contribution is -2.22. The molecule has 10 nitrogen and oxygen atoms in total. The third kappa shape index (κ3) is 5.60. The summed E-state index contributed by atoms with van der Waals surface area (Å²) in [5.41, 5.74) is 2.05. The molecule has 12 heteroatoms. The van der Waals surface area contributed by atoms with E-state index >= 15 is 0 Å². The Morgan fingerprint density at radius 1 is 1.26 bits per heavy atom. The summed E-state index contributed by atoms with van der Waals surface area (Å²) in [6, 6.07) is 13.2. The van der Waals surface area contributed by atoms with E-state index in [0.29, 0.717) is 37.7 Å². The average molecular weight is 516 g/mol. The molecule has 0 saturated heterocycles. The van der Waals surface area contributed by atoms with Crippen LogP contribution in [0.1, 0.15) is 21.1 Å². The second kappa shape index (κ2) is 10.8. The second-order valence-corrected chi connectivity index (χ2v) is 9.24. The molecule has 3 N–H and O–H groups in total. The van der Waals surface area contributed by atoms with Crippen LogP contribution >= 0.6 is 22.9 Å². The minimum absolute atomic E-state index is 0.150. The monoisotopic (exact) mass is 515 g/mol. The van der Waals surface area contributed by atoms with Crippen LogP contribution in [0, 0.1) is 6.92 Å². The van der Waals surface area contributed by atoms with E-state index in [2.05, 4.69) is 15.6 Å². The Labute approximate surface area is 209 Å². The molecule has 0 aliphatic heterocycles. The zero-order chi connectivity index (χ0) is 24.9. The van der Waals surface area contributed by atoms with E-state index in [-0.39, 0.29) is 24.6 Å². The molecule has 0 bridgehead atoms. The van der Waals surface area contributed by atoms with Gasteiger partial charge in [-0.05, 0) is 37.3 Å². The Morgan fingerprint density at radius 3 is 2.80 bits per heavy atom. The fourth-order valence-electron chi connectivity index (χ4n) is 3.26. The van der Waals surface area contributed by atoms with Gasteiger partial charge in [-0.3, -0.25) is 14.2 Å². The highest BCUT2D eigenvalue weighted by molar-refractivity contribution is 7.17. The number of aliphatic hydroxyl groups is 2. The summed E-state index contributed by atoms with van der Waals surface area (Å²) in [4.78, 5) is 25.1. The standard InChI is InChI=1S/C23H22ClN5O5S/c1-14-17(11-25-23(33)20-7-8-21(24)35-20)26-27-29(14)18-6-5-15(28-9-3-2-4-22(28)32)10-19(18)34-13-16(31)12-30/h2-10,16,30-31H,11-13H2,1H3,(H,25,33)/t16-/m1/s1. The number of pyridine rings is 1. The summed E-state index contributed by atoms with van der Waals surface area (Å²) < 4.78 is 9.29. The highest BCUT2D eigenvalue weighted by atomic mass is 35.5. The van der Waals surface area contributed by atoms with Gasteiger partial charge in [0.15, 0.2) is 0 Å². The van der Waals surface area contributed by atoms with Crippen LogP contribution in [0.15, 0.2) is 59.5 Å². The highest BCUT2D eigenvalue weighted by Crippen LogP contribution is 2.27. The molecule has 4 aromatic rings. The third-order valence-corrected chi connectivity index (χ3v) is 6.35. The third-order valence-electron chi connectivity index (χ3n) is 5.12. The predicted octanol–water partition coefficient (Wildman–Crippen LogP) is 2.10. The fraction of sp³-hybridized carbons (Fsp3) is 0.217. The van der Waals surface area contributed by atoms with Crippen molar-refractivity contribution in [3.05, 3.63) is 85.7 Å². The number of benzene rings is 1. The number of nitrogens with zero attached hydrogens (tertiary/aromatic N) is 4. The molecule has 3 aromatic heterocycles. The maximum atomic E-state index is 12.3. The molecule has 4 rings (SSSR count). The Bertz CT molecular complexity index is 1400. The molecule has 0 aliphatic rings. The number of thiophene rings is 1. The summed E-state index contributed by atoms with van der Waals surface area (Å²) in [6.07, 6.45) is 0.547. The number of hydrogen-bond acceptors (Lipinski definition) is 8. The van der Waals surface area contributed by atoms with Gasteiger partial charge in [-0.2, -0.15) is 0 Å². The first-order chi connectivity index (χ1) is 16.9. The van der Waals surface area contributed by atoms with Crippen LogP contribution in [0.2, 0.25) is 4.34 Å². The van der Waals surface area contributed by atoms with Crippen LogP contribution in [0.5, 0.6) is 5.75 Å². The van der Waals surface area contributed by atoms with Gasteiger partial charge < -0.3 is 20.3 Å². The van der Waals surface area contributed by atoms with Crippen LogP contribution in [0.4, 0.5) is 0 Å². The maximum Gasteiger partial charge on any atom is 0.261 e. The van der Waals surface area contributed by atoms with Crippen molar-refractivity contribution in [2.75, 3.05) is 13.2 Å². The molecular weight excluding hydrogens is 494 g/mol. The molecule has 1 atom stereocenters. The largest absolute Gasteiger partial charge is 0.488 e. The number of hydrogen-bond donors (Lipinski definition) is 3. The van der Waals surface area contributed by atoms with Crippen LogP contribution in [-0.2, 0) is 6.54 Å². The van der Waals surface area contributed by atoms with E-state index in [0.717, 1.165) is 0 Å². The molecule has 0 saturated carbocycles. The lowest BCUT2D eigenvalue weighted by atomic mass is 10.2. The van der Waals surface area contributed by atoms with E-state index in [1.165, 1.54) is 22.0 Å². The van der Waals surface area contributed by atoms with Crippen molar-refractivity contribution in [2.24, 2.45) is 0 Å². The summed E-state index contributed by atoms with van der Waals surface area (Å²) in [6.45, 7) is 1.31. The molecule has 1 amide bonds. The van der Waals surface area contributed by atoms with Gasteiger partial charge in [0.05, 0.1) is 33.7 Å². The molecule has 182 valence electrons. The van der Waals surface area contributed by atoms with Crippen molar-refractivity contribution in [2.45, 2.75) is 19.6 Å². The quantitative estimate of drug-likeness (QED) is 0.311. The lowest BCUT2D eigenvalue weighted by Gasteiger charge is -2.16. The number of aromatic nitrogens is 4. The van der Waals surface area contributed by atoms with Crippen LogP contribution < -0.4 is 15.6 Å². The minimum Gasteiger partial charge on any atom is -0.488 e. The zero-order valence-electron chi connectivity index (χ0n) is 18.6. The van der Waals surface area contributed by atoms with Gasteiger partial charge in [0.2, 0.25) is 0 Å². The van der Waals surface area contributed by atoms with Crippen LogP contribution in [0.25, 0.3) is 11.4 Å². The molecule has 0 unspecified atom stereocenters. The van der Waals surface area contributed by atoms with Gasteiger partial charge in [-0.15, -0.1) is 16.4 Å². The molecule has 1 aromatic carbocycles. The van der Waals surface area contributed by atoms with E-state index in [4.69, 9.17) is 21.4 Å². The number of ether oxygens (including phenoxy) is 1. The van der Waals surface area contributed by atoms with Crippen molar-refractivity contribution in [3.8, 4) is 17.1 Å². The summed E-state index contributed by atoms with van der Waals surface area (Å²) in [7, 11) is 0. The molecule has 0 aliphatic carbocycles. The second-order valence-electron chi connectivity index (χ2n) is 7.53. The average Bonchev–Trinajstić information content (AvgIpc) is 3.46. The maximum absolute atomic E-state index is 12.3. The SMILES string of the molecule is Cc1c(CNC(=O)c2ccc(Cl)s2)nnn1-c1ccc(-n2ccccc2=O)cc1OC[C@H](O)CO. The zero-order valence-corrected chi connectivity index (χ0v) is 20.2. The van der Waals surface area contributed by atoms with Crippen molar-refractivity contribution in [1.29, 1.82) is 0 Å². The number of aliphatic hydroxyl groups excluding tert-OH is 2. The Balaban J connectivity index is 1.62. The lowest BCUT2D eigenvalue weighted by molar-refractivity contribution is 0.0535. The van der Waals surface area contributed by atoms with Crippen molar-refractivity contribution in [3.63, 3.8) is 0 Å². The van der Waals surface area contributed by atoms with Gasteiger partial charge in [0, 0.05) is 18.3 Å². The molecule has 0 fully saturated rings. The number of nitrogens with one attached hydrogen (secondary N) is 1. The van der Waals surface area contributed by atoms with E-state index < -0.39 is 12.7 Å². The summed E-state index contributed by atoms with van der Waals surface area (Å²) >= 11 is 7.08. The van der Waals surface area contributed by atoms with Gasteiger partial charge >= 0.3 is 0 Å². The van der Waals surface area contributed by atoms with Gasteiger partial charge in [0.1, 0.15) is 29.8 Å². The molecular formula is C23H22ClN5O5S. The van der Waals surface area contributed by atoms with Crippen molar-refractivity contribution in [1.82, 2.24) is 24.9 Å². The normalized spacial score (nSPS) is 11.9. The number of carbonyl (C=O) groups excluding carboxylic acids is 1. The van der Waals surface area contributed by atoms with E-state index in [1.54, 1.807) is 60.3 Å². The molecule has 0 spiro atoms. The predicted molar refractivity (Wildman–Crippen MR) is 131 cm³/mol. The summed E-state index contributed by atoms with van der Waals surface area (Å²) in [5.74, 6) is 0.0538. The first kappa shape index (κ1) is 24.6. The van der Waals surface area contributed by atoms with Gasteiger partial charge in [-0.25, -0.2) is 4.68 Å². The highest BCUT2D eigenvalue weighted by Gasteiger charge is 2.18.